The Bertz CT molecular complexity index is 268. The van der Waals surface area contributed by atoms with E-state index in [1.807, 2.05) is 6.92 Å². The molecule has 2 N–H and O–H groups in total. The van der Waals surface area contributed by atoms with Gasteiger partial charge in [0.25, 0.3) is 0 Å². The molecule has 0 aromatic rings. The number of rotatable bonds is 2. The fourth-order valence-electron chi connectivity index (χ4n) is 3.95. The van der Waals surface area contributed by atoms with Gasteiger partial charge in [-0.15, -0.1) is 0 Å². The van der Waals surface area contributed by atoms with E-state index in [0.717, 1.165) is 38.9 Å². The molecule has 5 atom stereocenters. The summed E-state index contributed by atoms with van der Waals surface area (Å²) in [4.78, 5) is 2.35. The number of hydrogen-bond acceptors (Lipinski definition) is 3. The first-order valence-electron chi connectivity index (χ1n) is 7.50. The number of β-amino-alcohol motifs (C(OH)–C–C–N with tert-alkyl or cyclic N) is 1. The lowest BCUT2D eigenvalue weighted by Crippen LogP contribution is -2.50. The average Bonchev–Trinajstić information content (AvgIpc) is 2.22. The Labute approximate surface area is 111 Å². The largest absolute Gasteiger partial charge is 0.393 e. The topological polar surface area (TPSA) is 43.7 Å². The van der Waals surface area contributed by atoms with Gasteiger partial charge >= 0.3 is 0 Å². The molecule has 1 saturated carbocycles. The molecular weight excluding hydrogens is 226 g/mol. The summed E-state index contributed by atoms with van der Waals surface area (Å²) in [5, 5.41) is 20.4. The summed E-state index contributed by atoms with van der Waals surface area (Å²) in [6, 6.07) is 0. The molecule has 2 aliphatic rings. The van der Waals surface area contributed by atoms with Crippen LogP contribution in [0.25, 0.3) is 0 Å². The zero-order chi connectivity index (χ0) is 13.3. The Morgan fingerprint density at radius 2 is 2.00 bits per heavy atom. The second-order valence-corrected chi connectivity index (χ2v) is 7.12. The van der Waals surface area contributed by atoms with Crippen molar-refractivity contribution in [2.75, 3.05) is 19.6 Å². The summed E-state index contributed by atoms with van der Waals surface area (Å²) in [5.74, 6) is 1.63. The third-order valence-electron chi connectivity index (χ3n) is 4.87. The van der Waals surface area contributed by atoms with Crippen molar-refractivity contribution in [3.63, 3.8) is 0 Å². The zero-order valence-electron chi connectivity index (χ0n) is 12.1. The van der Waals surface area contributed by atoms with Crippen LogP contribution in [0.15, 0.2) is 0 Å². The monoisotopic (exact) mass is 255 g/mol. The van der Waals surface area contributed by atoms with Gasteiger partial charge in [-0.3, -0.25) is 0 Å². The molecule has 1 saturated heterocycles. The molecule has 0 spiro atoms. The van der Waals surface area contributed by atoms with Crippen LogP contribution in [0.1, 0.15) is 46.5 Å². The van der Waals surface area contributed by atoms with Gasteiger partial charge in [-0.25, -0.2) is 0 Å². The highest BCUT2D eigenvalue weighted by Gasteiger charge is 2.36. The van der Waals surface area contributed by atoms with E-state index >= 15 is 0 Å². The van der Waals surface area contributed by atoms with E-state index in [4.69, 9.17) is 0 Å². The van der Waals surface area contributed by atoms with Gasteiger partial charge in [0.2, 0.25) is 0 Å². The first kappa shape index (κ1) is 14.3. The Balaban J connectivity index is 1.92. The normalized spacial score (nSPS) is 47.2. The summed E-state index contributed by atoms with van der Waals surface area (Å²) in [5.41, 5.74) is -0.533. The first-order valence-corrected chi connectivity index (χ1v) is 7.50. The molecule has 3 heteroatoms. The number of aliphatic hydroxyl groups is 2. The summed E-state index contributed by atoms with van der Waals surface area (Å²) >= 11 is 0. The van der Waals surface area contributed by atoms with Gasteiger partial charge in [0.05, 0.1) is 11.7 Å². The van der Waals surface area contributed by atoms with E-state index in [9.17, 15) is 10.2 Å². The minimum atomic E-state index is -0.533. The molecule has 3 nitrogen and oxygen atoms in total. The minimum Gasteiger partial charge on any atom is -0.393 e. The van der Waals surface area contributed by atoms with E-state index in [-0.39, 0.29) is 6.10 Å². The van der Waals surface area contributed by atoms with Crippen LogP contribution in [0.2, 0.25) is 0 Å². The lowest BCUT2D eigenvalue weighted by atomic mass is 9.73. The SMILES string of the molecule is CC1CC(C)C(CN2CCCC(C)(O)C2)C(O)C1. The van der Waals surface area contributed by atoms with Crippen LogP contribution < -0.4 is 0 Å². The molecule has 1 heterocycles. The Kier molecular flexibility index (Phi) is 4.35. The van der Waals surface area contributed by atoms with Crippen LogP contribution in [0.3, 0.4) is 0 Å². The molecule has 0 aromatic carbocycles. The zero-order valence-corrected chi connectivity index (χ0v) is 12.1. The molecule has 2 fully saturated rings. The van der Waals surface area contributed by atoms with Crippen LogP contribution in [-0.2, 0) is 0 Å². The van der Waals surface area contributed by atoms with Crippen LogP contribution in [0.4, 0.5) is 0 Å². The van der Waals surface area contributed by atoms with Crippen molar-refractivity contribution in [3.8, 4) is 0 Å². The Morgan fingerprint density at radius 1 is 1.28 bits per heavy atom. The summed E-state index contributed by atoms with van der Waals surface area (Å²) in [6.07, 6.45) is 3.99. The average molecular weight is 255 g/mol. The lowest BCUT2D eigenvalue weighted by Gasteiger charge is -2.43. The molecule has 2 rings (SSSR count). The Hall–Kier alpha value is -0.120. The van der Waals surface area contributed by atoms with Crippen molar-refractivity contribution < 1.29 is 10.2 Å². The van der Waals surface area contributed by atoms with Crippen molar-refractivity contribution in [2.24, 2.45) is 17.8 Å². The Morgan fingerprint density at radius 3 is 2.61 bits per heavy atom. The molecule has 0 amide bonds. The van der Waals surface area contributed by atoms with Crippen molar-refractivity contribution in [1.29, 1.82) is 0 Å². The van der Waals surface area contributed by atoms with Crippen molar-refractivity contribution in [2.45, 2.75) is 58.2 Å². The summed E-state index contributed by atoms with van der Waals surface area (Å²) in [6.45, 7) is 9.22. The number of piperidine rings is 1. The van der Waals surface area contributed by atoms with Crippen LogP contribution in [0.5, 0.6) is 0 Å². The summed E-state index contributed by atoms with van der Waals surface area (Å²) < 4.78 is 0. The number of hydrogen-bond donors (Lipinski definition) is 2. The van der Waals surface area contributed by atoms with E-state index in [1.54, 1.807) is 0 Å². The van der Waals surface area contributed by atoms with E-state index in [0.29, 0.717) is 17.8 Å². The number of aliphatic hydroxyl groups excluding tert-OH is 1. The highest BCUT2D eigenvalue weighted by Crippen LogP contribution is 2.35. The van der Waals surface area contributed by atoms with Crippen molar-refractivity contribution >= 4 is 0 Å². The van der Waals surface area contributed by atoms with Gasteiger partial charge in [-0.1, -0.05) is 13.8 Å². The van der Waals surface area contributed by atoms with E-state index in [1.165, 1.54) is 6.42 Å². The van der Waals surface area contributed by atoms with Crippen LogP contribution in [0, 0.1) is 17.8 Å². The standard InChI is InChI=1S/C15H29NO2/c1-11-7-12(2)13(14(17)8-11)9-16-6-4-5-15(3,18)10-16/h11-14,17-18H,4-10H2,1-3H3. The van der Waals surface area contributed by atoms with Crippen molar-refractivity contribution in [3.05, 3.63) is 0 Å². The fourth-order valence-corrected chi connectivity index (χ4v) is 3.95. The van der Waals surface area contributed by atoms with Gasteiger partial charge < -0.3 is 15.1 Å². The predicted octanol–water partition coefficient (Wildman–Crippen LogP) is 1.88. The quantitative estimate of drug-likeness (QED) is 0.792. The maximum Gasteiger partial charge on any atom is 0.0746 e. The molecule has 0 aromatic heterocycles. The molecule has 0 bridgehead atoms. The molecule has 0 radical (unpaired) electrons. The lowest BCUT2D eigenvalue weighted by molar-refractivity contribution is -0.0471. The third-order valence-corrected chi connectivity index (χ3v) is 4.87. The smallest absolute Gasteiger partial charge is 0.0746 e. The van der Waals surface area contributed by atoms with Gasteiger partial charge in [-0.05, 0) is 51.0 Å². The van der Waals surface area contributed by atoms with E-state index in [2.05, 4.69) is 18.7 Å². The highest BCUT2D eigenvalue weighted by atomic mass is 16.3. The van der Waals surface area contributed by atoms with E-state index < -0.39 is 5.60 Å². The third kappa shape index (κ3) is 3.46. The summed E-state index contributed by atoms with van der Waals surface area (Å²) in [7, 11) is 0. The van der Waals surface area contributed by atoms with Gasteiger partial charge in [-0.2, -0.15) is 0 Å². The molecule has 106 valence electrons. The molecule has 5 unspecified atom stereocenters. The fraction of sp³-hybridized carbons (Fsp3) is 1.00. The van der Waals surface area contributed by atoms with Gasteiger partial charge in [0, 0.05) is 19.0 Å². The second kappa shape index (κ2) is 5.48. The second-order valence-electron chi connectivity index (χ2n) is 7.12. The molecular formula is C15H29NO2. The molecule has 1 aliphatic carbocycles. The molecule has 1 aliphatic heterocycles. The van der Waals surface area contributed by atoms with Gasteiger partial charge in [0.1, 0.15) is 0 Å². The maximum absolute atomic E-state index is 10.3. The number of likely N-dealkylation sites (tertiary alicyclic amines) is 1. The van der Waals surface area contributed by atoms with Gasteiger partial charge in [0.15, 0.2) is 0 Å². The maximum atomic E-state index is 10.3. The molecule has 18 heavy (non-hydrogen) atoms. The predicted molar refractivity (Wildman–Crippen MR) is 73.4 cm³/mol. The minimum absolute atomic E-state index is 0.157. The highest BCUT2D eigenvalue weighted by molar-refractivity contribution is 4.88. The number of nitrogens with zero attached hydrogens (tertiary/aromatic N) is 1. The first-order chi connectivity index (χ1) is 8.37. The van der Waals surface area contributed by atoms with Crippen LogP contribution in [-0.4, -0.2) is 46.5 Å². The van der Waals surface area contributed by atoms with Crippen LogP contribution >= 0.6 is 0 Å². The van der Waals surface area contributed by atoms with Crippen molar-refractivity contribution in [1.82, 2.24) is 4.90 Å².